The molecule has 242 valence electrons. The Morgan fingerprint density at radius 2 is 1.62 bits per heavy atom. The maximum absolute atomic E-state index is 13.7. The summed E-state index contributed by atoms with van der Waals surface area (Å²) in [6, 6.07) is 16.2. The van der Waals surface area contributed by atoms with Crippen LogP contribution in [0.3, 0.4) is 0 Å². The van der Waals surface area contributed by atoms with E-state index < -0.39 is 17.8 Å². The lowest BCUT2D eigenvalue weighted by Gasteiger charge is -2.32. The molecule has 2 aromatic carbocycles. The van der Waals surface area contributed by atoms with Crippen molar-refractivity contribution < 1.29 is 23.9 Å². The zero-order valence-electron chi connectivity index (χ0n) is 26.5. The van der Waals surface area contributed by atoms with E-state index in [1.807, 2.05) is 42.3 Å². The monoisotopic (exact) mass is 635 g/mol. The highest BCUT2D eigenvalue weighted by Gasteiger charge is 2.27. The molecule has 47 heavy (non-hydrogen) atoms. The Morgan fingerprint density at radius 1 is 0.894 bits per heavy atom. The molecule has 2 aliphatic rings. The number of rotatable bonds is 7. The smallest absolute Gasteiger partial charge is 0.311 e. The van der Waals surface area contributed by atoms with Gasteiger partial charge in [0.15, 0.2) is 11.5 Å². The summed E-state index contributed by atoms with van der Waals surface area (Å²) in [6.45, 7) is 4.00. The van der Waals surface area contributed by atoms with Crippen molar-refractivity contribution in [2.24, 2.45) is 0 Å². The van der Waals surface area contributed by atoms with Gasteiger partial charge in [-0.25, -0.2) is 9.97 Å². The number of anilines is 3. The second-order valence-electron chi connectivity index (χ2n) is 11.7. The first-order valence-corrected chi connectivity index (χ1v) is 15.7. The maximum Gasteiger partial charge on any atom is 0.311 e. The third kappa shape index (κ3) is 7.79. The number of likely N-dealkylation sites (N-methyl/N-ethyl adjacent to an activating group) is 1. The van der Waals surface area contributed by atoms with Gasteiger partial charge < -0.3 is 24.6 Å². The minimum atomic E-state index is -0.498. The van der Waals surface area contributed by atoms with Crippen LogP contribution in [0.25, 0.3) is 11.3 Å². The molecule has 4 aromatic rings. The number of esters is 2. The van der Waals surface area contributed by atoms with E-state index >= 15 is 0 Å². The van der Waals surface area contributed by atoms with Crippen molar-refractivity contribution in [3.05, 3.63) is 84.3 Å². The lowest BCUT2D eigenvalue weighted by Crippen LogP contribution is -2.43. The average molecular weight is 636 g/mol. The highest BCUT2D eigenvalue weighted by atomic mass is 16.6. The quantitative estimate of drug-likeness (QED) is 0.224. The molecule has 0 spiro atoms. The molecule has 12 heteroatoms. The Labute approximate surface area is 273 Å². The number of hydrogen-bond donors (Lipinski definition) is 1. The first kappa shape index (κ1) is 31.8. The Bertz CT molecular complexity index is 1740. The Balaban J connectivity index is 1.23. The van der Waals surface area contributed by atoms with Gasteiger partial charge in [-0.2, -0.15) is 0 Å². The van der Waals surface area contributed by atoms with Crippen LogP contribution in [0.1, 0.15) is 41.6 Å². The molecule has 0 radical (unpaired) electrons. The molecule has 0 atom stereocenters. The van der Waals surface area contributed by atoms with Crippen molar-refractivity contribution in [1.82, 2.24) is 24.8 Å². The number of aromatic nitrogens is 3. The van der Waals surface area contributed by atoms with Gasteiger partial charge in [0.05, 0.1) is 11.3 Å². The number of ether oxygens (including phenoxy) is 2. The van der Waals surface area contributed by atoms with Crippen LogP contribution < -0.4 is 19.7 Å². The van der Waals surface area contributed by atoms with Gasteiger partial charge in [0, 0.05) is 93.7 Å². The van der Waals surface area contributed by atoms with E-state index in [-0.39, 0.29) is 29.9 Å². The number of fused-ring (bicyclic) bond motifs is 1. The van der Waals surface area contributed by atoms with Crippen molar-refractivity contribution >= 4 is 35.2 Å². The zero-order valence-corrected chi connectivity index (χ0v) is 26.5. The van der Waals surface area contributed by atoms with E-state index in [1.165, 1.54) is 0 Å². The standard InChI is InChI=1S/C35H37N7O5/c1-40-18-20-42(21-19-40)23-25-9-14-28(33-32(25)46-30(43)7-3-4-8-31(44)47-33)34(45)38-26-10-12-27(13-11-26)41(2)35-37-17-15-29(39-35)24-6-5-16-36-22-24/h5-6,9-17,22H,3-4,7-8,18-21,23H2,1-2H3,(H,38,45). The minimum absolute atomic E-state index is 0.0311. The van der Waals surface area contributed by atoms with Gasteiger partial charge in [0.25, 0.3) is 5.91 Å². The molecule has 2 aromatic heterocycles. The number of piperazine rings is 1. The average Bonchev–Trinajstić information content (AvgIpc) is 3.09. The predicted octanol–water partition coefficient (Wildman–Crippen LogP) is 4.69. The second-order valence-corrected chi connectivity index (χ2v) is 11.7. The number of nitrogens with zero attached hydrogens (tertiary/aromatic N) is 6. The van der Waals surface area contributed by atoms with Crippen molar-refractivity contribution in [3.8, 4) is 22.8 Å². The van der Waals surface area contributed by atoms with Gasteiger partial charge in [0.1, 0.15) is 0 Å². The van der Waals surface area contributed by atoms with Gasteiger partial charge >= 0.3 is 11.9 Å². The topological polar surface area (TPSA) is 130 Å². The second kappa shape index (κ2) is 14.5. The Hall–Kier alpha value is -5.20. The van der Waals surface area contributed by atoms with Gasteiger partial charge in [-0.3, -0.25) is 24.3 Å². The summed E-state index contributed by atoms with van der Waals surface area (Å²) in [5.74, 6) is -0.796. The van der Waals surface area contributed by atoms with Gasteiger partial charge in [-0.15, -0.1) is 0 Å². The van der Waals surface area contributed by atoms with Gasteiger partial charge in [-0.05, 0) is 68.4 Å². The normalized spacial score (nSPS) is 16.0. The molecule has 0 saturated carbocycles. The van der Waals surface area contributed by atoms with Crippen LogP contribution in [-0.2, 0) is 16.1 Å². The lowest BCUT2D eigenvalue weighted by molar-refractivity contribution is -0.138. The Morgan fingerprint density at radius 3 is 2.32 bits per heavy atom. The highest BCUT2D eigenvalue weighted by Crippen LogP contribution is 2.38. The highest BCUT2D eigenvalue weighted by molar-refractivity contribution is 6.07. The molecular weight excluding hydrogens is 598 g/mol. The van der Waals surface area contributed by atoms with Crippen molar-refractivity contribution in [2.45, 2.75) is 32.2 Å². The fourth-order valence-corrected chi connectivity index (χ4v) is 5.50. The molecule has 1 N–H and O–H groups in total. The molecule has 0 aliphatic carbocycles. The SMILES string of the molecule is CN1CCN(Cc2ccc(C(=O)Nc3ccc(N(C)c4nccc(-c5cccnc5)n4)cc3)c3c2OC(=O)CCCCC(=O)O3)CC1. The number of nitrogens with one attached hydrogen (secondary N) is 1. The van der Waals surface area contributed by atoms with Crippen LogP contribution in [0.4, 0.5) is 17.3 Å². The number of hydrogen-bond acceptors (Lipinski definition) is 11. The molecule has 0 unspecified atom stereocenters. The fraction of sp³-hybridized carbons (Fsp3) is 0.314. The molecular formula is C35H37N7O5. The summed E-state index contributed by atoms with van der Waals surface area (Å²) in [7, 11) is 3.94. The van der Waals surface area contributed by atoms with E-state index in [4.69, 9.17) is 9.47 Å². The Kier molecular flexibility index (Phi) is 9.79. The van der Waals surface area contributed by atoms with Gasteiger partial charge in [-0.1, -0.05) is 6.07 Å². The van der Waals surface area contributed by atoms with Crippen molar-refractivity contribution in [1.29, 1.82) is 0 Å². The van der Waals surface area contributed by atoms with Crippen LogP contribution in [-0.4, -0.2) is 82.9 Å². The summed E-state index contributed by atoms with van der Waals surface area (Å²) < 4.78 is 11.6. The van der Waals surface area contributed by atoms with Crippen LogP contribution >= 0.6 is 0 Å². The first-order valence-electron chi connectivity index (χ1n) is 15.7. The summed E-state index contributed by atoms with van der Waals surface area (Å²) in [4.78, 5) is 58.9. The molecule has 12 nitrogen and oxygen atoms in total. The number of benzene rings is 2. The lowest BCUT2D eigenvalue weighted by atomic mass is 10.1. The number of amides is 1. The molecule has 4 heterocycles. The molecule has 1 amide bonds. The summed E-state index contributed by atoms with van der Waals surface area (Å²) in [5, 5.41) is 2.90. The van der Waals surface area contributed by atoms with Crippen LogP contribution in [0.2, 0.25) is 0 Å². The van der Waals surface area contributed by atoms with Crippen molar-refractivity contribution in [2.75, 3.05) is 50.5 Å². The van der Waals surface area contributed by atoms with E-state index in [1.54, 1.807) is 42.9 Å². The molecule has 6 rings (SSSR count). The summed E-state index contributed by atoms with van der Waals surface area (Å²) in [5.41, 5.74) is 3.75. The number of carbonyl (C=O) groups is 3. The predicted molar refractivity (Wildman–Crippen MR) is 177 cm³/mol. The molecule has 1 saturated heterocycles. The largest absolute Gasteiger partial charge is 0.422 e. The number of carbonyl (C=O) groups excluding carboxylic acids is 3. The third-order valence-electron chi connectivity index (χ3n) is 8.28. The fourth-order valence-electron chi connectivity index (χ4n) is 5.50. The molecule has 0 bridgehead atoms. The van der Waals surface area contributed by atoms with Crippen LogP contribution in [0.15, 0.2) is 73.2 Å². The minimum Gasteiger partial charge on any atom is -0.422 e. The maximum atomic E-state index is 13.7. The van der Waals surface area contributed by atoms with Crippen LogP contribution in [0.5, 0.6) is 11.5 Å². The first-order chi connectivity index (χ1) is 22.8. The van der Waals surface area contributed by atoms with E-state index in [2.05, 4.69) is 37.1 Å². The number of pyridine rings is 1. The molecule has 2 aliphatic heterocycles. The zero-order chi connectivity index (χ0) is 32.8. The van der Waals surface area contributed by atoms with Crippen molar-refractivity contribution in [3.63, 3.8) is 0 Å². The third-order valence-corrected chi connectivity index (χ3v) is 8.28. The summed E-state index contributed by atoms with van der Waals surface area (Å²) in [6.07, 6.45) is 6.49. The van der Waals surface area contributed by atoms with Crippen LogP contribution in [0, 0.1) is 0 Å². The van der Waals surface area contributed by atoms with Gasteiger partial charge in [0.2, 0.25) is 5.95 Å². The van der Waals surface area contributed by atoms with E-state index in [0.717, 1.165) is 43.1 Å². The molecule has 1 fully saturated rings. The van der Waals surface area contributed by atoms with E-state index in [9.17, 15) is 14.4 Å². The van der Waals surface area contributed by atoms with E-state index in [0.29, 0.717) is 36.6 Å². The summed E-state index contributed by atoms with van der Waals surface area (Å²) >= 11 is 0.